The number of ether oxygens (including phenoxy) is 1. The van der Waals surface area contributed by atoms with E-state index in [1.54, 1.807) is 0 Å². The molecule has 0 aliphatic carbocycles. The number of nitrogens with one attached hydrogen (secondary N) is 1. The Labute approximate surface area is 216 Å². The van der Waals surface area contributed by atoms with E-state index >= 15 is 0 Å². The van der Waals surface area contributed by atoms with Crippen molar-refractivity contribution < 1.29 is 9.26 Å². The van der Waals surface area contributed by atoms with Crippen molar-refractivity contribution in [3.8, 4) is 17.1 Å². The molecule has 1 unspecified atom stereocenters. The first-order valence-electron chi connectivity index (χ1n) is 12.0. The summed E-state index contributed by atoms with van der Waals surface area (Å²) in [5, 5.41) is 8.46. The summed E-state index contributed by atoms with van der Waals surface area (Å²) in [4.78, 5) is 6.88. The lowest BCUT2D eigenvalue weighted by Gasteiger charge is -2.37. The van der Waals surface area contributed by atoms with Gasteiger partial charge in [0.2, 0.25) is 5.82 Å². The van der Waals surface area contributed by atoms with Gasteiger partial charge in [0, 0.05) is 17.8 Å². The summed E-state index contributed by atoms with van der Waals surface area (Å²) < 4.78 is 11.5. The molecule has 7 heteroatoms. The number of thiocarbonyl (C=S) groups is 1. The molecule has 1 N–H and O–H groups in total. The van der Waals surface area contributed by atoms with Crippen LogP contribution in [0.1, 0.15) is 42.5 Å². The first-order valence-corrected chi connectivity index (χ1v) is 12.4. The summed E-state index contributed by atoms with van der Waals surface area (Å²) in [7, 11) is 0. The van der Waals surface area contributed by atoms with Gasteiger partial charge in [-0.25, -0.2) is 0 Å². The molecule has 6 nitrogen and oxygen atoms in total. The normalized spacial score (nSPS) is 15.7. The van der Waals surface area contributed by atoms with Gasteiger partial charge in [-0.1, -0.05) is 77.5 Å². The van der Waals surface area contributed by atoms with Gasteiger partial charge >= 0.3 is 0 Å². The van der Waals surface area contributed by atoms with E-state index in [-0.39, 0.29) is 6.04 Å². The lowest BCUT2D eigenvalue weighted by atomic mass is 9.94. The van der Waals surface area contributed by atoms with Crippen LogP contribution in [0.4, 0.5) is 0 Å². The lowest BCUT2D eigenvalue weighted by Crippen LogP contribution is -2.45. The second-order valence-corrected chi connectivity index (χ2v) is 9.13. The second kappa shape index (κ2) is 10.3. The zero-order valence-electron chi connectivity index (χ0n) is 20.6. The number of nitrogens with zero attached hydrogens (tertiary/aromatic N) is 3. The summed E-state index contributed by atoms with van der Waals surface area (Å²) in [6.07, 6.45) is 0. The summed E-state index contributed by atoms with van der Waals surface area (Å²) in [6.45, 7) is 7.39. The first kappa shape index (κ1) is 23.8. The van der Waals surface area contributed by atoms with Gasteiger partial charge in [0.1, 0.15) is 5.75 Å². The Bertz CT molecular complexity index is 1400. The maximum Gasteiger partial charge on any atom is 0.258 e. The van der Waals surface area contributed by atoms with Gasteiger partial charge in [0.15, 0.2) is 5.11 Å². The summed E-state index contributed by atoms with van der Waals surface area (Å²) in [5.74, 6) is 1.84. The molecule has 0 bridgehead atoms. The monoisotopic (exact) mass is 496 g/mol. The summed E-state index contributed by atoms with van der Waals surface area (Å²) in [6, 6.07) is 26.1. The lowest BCUT2D eigenvalue weighted by molar-refractivity contribution is 0.340. The number of allylic oxidation sites excluding steroid dienone is 1. The van der Waals surface area contributed by atoms with E-state index < -0.39 is 0 Å². The number of rotatable bonds is 7. The van der Waals surface area contributed by atoms with Crippen LogP contribution in [0.25, 0.3) is 17.0 Å². The topological polar surface area (TPSA) is 63.4 Å². The molecular formula is C29H28N4O2S. The van der Waals surface area contributed by atoms with Crippen LogP contribution in [0.5, 0.6) is 5.75 Å². The van der Waals surface area contributed by atoms with Crippen molar-refractivity contribution in [1.82, 2.24) is 20.4 Å². The van der Waals surface area contributed by atoms with Crippen LogP contribution in [0.15, 0.2) is 89.1 Å². The molecule has 2 heterocycles. The fraction of sp³-hybridized carbons (Fsp3) is 0.207. The number of hydrogen-bond acceptors (Lipinski definition) is 5. The highest BCUT2D eigenvalue weighted by molar-refractivity contribution is 7.80. The number of aryl methyl sites for hydroxylation is 1. The van der Waals surface area contributed by atoms with E-state index in [1.807, 2.05) is 61.5 Å². The minimum atomic E-state index is -0.244. The highest BCUT2D eigenvalue weighted by Crippen LogP contribution is 2.38. The smallest absolute Gasteiger partial charge is 0.258 e. The Morgan fingerprint density at radius 1 is 1.00 bits per heavy atom. The van der Waals surface area contributed by atoms with Crippen LogP contribution in [0.3, 0.4) is 0 Å². The van der Waals surface area contributed by atoms with Crippen molar-refractivity contribution >= 4 is 22.9 Å². The van der Waals surface area contributed by atoms with E-state index in [9.17, 15) is 0 Å². The molecule has 1 aromatic heterocycles. The standard InChI is InChI=1S/C29H28N4O2S/c1-4-34-24-15-13-22(14-16-24)26-25(28-31-27(32-35-28)23-11-6-5-7-12-23)20(3)33(29(36)30-26)18-21-10-8-9-19(2)17-21/h5-17,26H,4,18H2,1-3H3,(H,30,36). The molecule has 1 aliphatic rings. The van der Waals surface area contributed by atoms with Crippen LogP contribution >= 0.6 is 12.2 Å². The van der Waals surface area contributed by atoms with Crippen molar-refractivity contribution in [2.24, 2.45) is 0 Å². The number of benzene rings is 3. The third kappa shape index (κ3) is 4.88. The quantitative estimate of drug-likeness (QED) is 0.301. The zero-order valence-corrected chi connectivity index (χ0v) is 21.4. The highest BCUT2D eigenvalue weighted by Gasteiger charge is 2.34. The summed E-state index contributed by atoms with van der Waals surface area (Å²) in [5.41, 5.74) is 6.19. The molecule has 5 rings (SSSR count). The fourth-order valence-electron chi connectivity index (χ4n) is 4.45. The molecule has 0 radical (unpaired) electrons. The Hall–Kier alpha value is -3.97. The van der Waals surface area contributed by atoms with E-state index in [4.69, 9.17) is 26.5 Å². The molecule has 1 atom stereocenters. The van der Waals surface area contributed by atoms with Crippen LogP contribution in [0.2, 0.25) is 0 Å². The SMILES string of the molecule is CCOc1ccc(C2NC(=S)N(Cc3cccc(C)c3)C(C)=C2c2nc(-c3ccccc3)no2)cc1. The molecule has 0 amide bonds. The Morgan fingerprint density at radius 2 is 1.78 bits per heavy atom. The second-order valence-electron chi connectivity index (χ2n) is 8.75. The highest BCUT2D eigenvalue weighted by atomic mass is 32.1. The fourth-order valence-corrected chi connectivity index (χ4v) is 4.77. The van der Waals surface area contributed by atoms with E-state index in [2.05, 4.69) is 53.5 Å². The third-order valence-electron chi connectivity index (χ3n) is 6.23. The van der Waals surface area contributed by atoms with Gasteiger partial charge in [0.25, 0.3) is 5.89 Å². The van der Waals surface area contributed by atoms with E-state index in [0.29, 0.717) is 30.0 Å². The largest absolute Gasteiger partial charge is 0.494 e. The minimum absolute atomic E-state index is 0.244. The molecule has 0 saturated carbocycles. The zero-order chi connectivity index (χ0) is 25.1. The maximum absolute atomic E-state index is 5.85. The third-order valence-corrected chi connectivity index (χ3v) is 6.57. The van der Waals surface area contributed by atoms with Crippen LogP contribution in [0, 0.1) is 6.92 Å². The number of aromatic nitrogens is 2. The Balaban J connectivity index is 1.57. The molecule has 0 saturated heterocycles. The van der Waals surface area contributed by atoms with Gasteiger partial charge < -0.3 is 19.5 Å². The van der Waals surface area contributed by atoms with Crippen LogP contribution in [-0.4, -0.2) is 26.8 Å². The van der Waals surface area contributed by atoms with Crippen molar-refractivity contribution in [3.05, 3.63) is 107 Å². The molecule has 1 aliphatic heterocycles. The van der Waals surface area contributed by atoms with Crippen molar-refractivity contribution in [3.63, 3.8) is 0 Å². The Kier molecular flexibility index (Phi) is 6.82. The van der Waals surface area contributed by atoms with E-state index in [1.165, 1.54) is 11.1 Å². The van der Waals surface area contributed by atoms with Gasteiger partial charge in [-0.05, 0) is 56.2 Å². The predicted octanol–water partition coefficient (Wildman–Crippen LogP) is 6.31. The average Bonchev–Trinajstić information content (AvgIpc) is 3.37. The number of hydrogen-bond donors (Lipinski definition) is 1. The summed E-state index contributed by atoms with van der Waals surface area (Å²) >= 11 is 5.85. The first-order chi connectivity index (χ1) is 17.5. The maximum atomic E-state index is 5.85. The van der Waals surface area contributed by atoms with Crippen LogP contribution in [-0.2, 0) is 6.54 Å². The van der Waals surface area contributed by atoms with Crippen molar-refractivity contribution in [2.45, 2.75) is 33.4 Å². The van der Waals surface area contributed by atoms with Crippen LogP contribution < -0.4 is 10.1 Å². The predicted molar refractivity (Wildman–Crippen MR) is 145 cm³/mol. The molecule has 0 spiro atoms. The molecule has 4 aromatic rings. The molecule has 182 valence electrons. The molecule has 3 aromatic carbocycles. The van der Waals surface area contributed by atoms with E-state index in [0.717, 1.165) is 28.1 Å². The molecule has 36 heavy (non-hydrogen) atoms. The van der Waals surface area contributed by atoms with Crippen molar-refractivity contribution in [1.29, 1.82) is 0 Å². The van der Waals surface area contributed by atoms with Gasteiger partial charge in [-0.15, -0.1) is 0 Å². The minimum Gasteiger partial charge on any atom is -0.494 e. The Morgan fingerprint density at radius 3 is 2.50 bits per heavy atom. The average molecular weight is 497 g/mol. The van der Waals surface area contributed by atoms with Gasteiger partial charge in [-0.3, -0.25) is 0 Å². The molecular weight excluding hydrogens is 468 g/mol. The van der Waals surface area contributed by atoms with Crippen molar-refractivity contribution in [2.75, 3.05) is 6.61 Å². The van der Waals surface area contributed by atoms with Gasteiger partial charge in [0.05, 0.1) is 18.2 Å². The molecule has 0 fully saturated rings. The van der Waals surface area contributed by atoms with Gasteiger partial charge in [-0.2, -0.15) is 4.98 Å².